The lowest BCUT2D eigenvalue weighted by molar-refractivity contribution is 0.100. The quantitative estimate of drug-likeness (QED) is 0.803. The second-order valence-electron chi connectivity index (χ2n) is 3.82. The van der Waals surface area contributed by atoms with Crippen LogP contribution in [0.15, 0.2) is 24.4 Å². The Morgan fingerprint density at radius 1 is 1.45 bits per heavy atom. The van der Waals surface area contributed by atoms with Gasteiger partial charge in [-0.15, -0.1) is 0 Å². The van der Waals surface area contributed by atoms with Gasteiger partial charge in [0.25, 0.3) is 5.91 Å². The Bertz CT molecular complexity index is 664. The molecule has 1 aromatic heterocycles. The molecule has 0 aliphatic heterocycles. The van der Waals surface area contributed by atoms with Gasteiger partial charge >= 0.3 is 0 Å². The van der Waals surface area contributed by atoms with E-state index < -0.39 is 11.7 Å². The summed E-state index contributed by atoms with van der Waals surface area (Å²) in [5.41, 5.74) is 5.52. The zero-order valence-corrected chi connectivity index (χ0v) is 11.2. The van der Waals surface area contributed by atoms with E-state index in [-0.39, 0.29) is 16.4 Å². The lowest BCUT2D eigenvalue weighted by Gasteiger charge is -2.11. The molecule has 0 saturated heterocycles. The van der Waals surface area contributed by atoms with Crippen LogP contribution < -0.4 is 16.4 Å². The number of carbonyl (C=O) groups excluding carboxylic acids is 1. The van der Waals surface area contributed by atoms with Gasteiger partial charge in [-0.3, -0.25) is 4.79 Å². The first-order chi connectivity index (χ1) is 9.51. The Balaban J connectivity index is 2.42. The first kappa shape index (κ1) is 14.0. The number of hydrogen-bond acceptors (Lipinski definition) is 5. The van der Waals surface area contributed by atoms with Crippen molar-refractivity contribution >= 4 is 35.0 Å². The molecule has 1 heterocycles. The summed E-state index contributed by atoms with van der Waals surface area (Å²) in [5.74, 6) is -0.695. The summed E-state index contributed by atoms with van der Waals surface area (Å²) in [4.78, 5) is 19.3. The van der Waals surface area contributed by atoms with Crippen LogP contribution in [0.1, 0.15) is 10.4 Å². The molecule has 0 fully saturated rings. The largest absolute Gasteiger partial charge is 0.366 e. The van der Waals surface area contributed by atoms with Crippen molar-refractivity contribution in [3.05, 3.63) is 40.8 Å². The van der Waals surface area contributed by atoms with E-state index in [0.717, 1.165) is 6.07 Å². The number of aromatic nitrogens is 2. The SMILES string of the molecule is CNc1ncc(Cl)c(Nc2ccc(F)cc2C(N)=O)n1. The molecule has 0 aliphatic carbocycles. The Morgan fingerprint density at radius 2 is 2.20 bits per heavy atom. The highest BCUT2D eigenvalue weighted by atomic mass is 35.5. The molecule has 8 heteroatoms. The maximum atomic E-state index is 13.1. The number of nitrogens with two attached hydrogens (primary N) is 1. The van der Waals surface area contributed by atoms with Crippen molar-refractivity contribution in [3.63, 3.8) is 0 Å². The average molecular weight is 296 g/mol. The second-order valence-corrected chi connectivity index (χ2v) is 4.23. The van der Waals surface area contributed by atoms with Crippen molar-refractivity contribution < 1.29 is 9.18 Å². The molecule has 0 radical (unpaired) electrons. The van der Waals surface area contributed by atoms with Gasteiger partial charge in [-0.25, -0.2) is 9.37 Å². The summed E-state index contributed by atoms with van der Waals surface area (Å²) in [5, 5.41) is 5.84. The highest BCUT2D eigenvalue weighted by Gasteiger charge is 2.12. The van der Waals surface area contributed by atoms with Crippen LogP contribution in [-0.4, -0.2) is 22.9 Å². The molecule has 4 N–H and O–H groups in total. The van der Waals surface area contributed by atoms with Crippen LogP contribution in [-0.2, 0) is 0 Å². The van der Waals surface area contributed by atoms with Crippen LogP contribution in [0, 0.1) is 5.82 Å². The van der Waals surface area contributed by atoms with Crippen molar-refractivity contribution in [2.75, 3.05) is 17.7 Å². The first-order valence-corrected chi connectivity index (χ1v) is 5.95. The topological polar surface area (TPSA) is 92.9 Å². The van der Waals surface area contributed by atoms with Gasteiger partial charge in [0, 0.05) is 7.05 Å². The number of benzene rings is 1. The van der Waals surface area contributed by atoms with E-state index in [9.17, 15) is 9.18 Å². The van der Waals surface area contributed by atoms with Crippen LogP contribution in [0.3, 0.4) is 0 Å². The molecule has 0 aliphatic rings. The van der Waals surface area contributed by atoms with E-state index in [0.29, 0.717) is 11.6 Å². The van der Waals surface area contributed by atoms with Gasteiger partial charge in [0.2, 0.25) is 5.95 Å². The van der Waals surface area contributed by atoms with Gasteiger partial charge in [0.15, 0.2) is 5.82 Å². The van der Waals surface area contributed by atoms with E-state index in [1.807, 2.05) is 0 Å². The van der Waals surface area contributed by atoms with Gasteiger partial charge in [-0.2, -0.15) is 4.98 Å². The van der Waals surface area contributed by atoms with Crippen molar-refractivity contribution in [1.82, 2.24) is 9.97 Å². The Labute approximate surface area is 119 Å². The zero-order chi connectivity index (χ0) is 14.7. The number of halogens is 2. The molecule has 2 aromatic rings. The molecule has 0 spiro atoms. The fourth-order valence-electron chi connectivity index (χ4n) is 1.53. The van der Waals surface area contributed by atoms with Crippen molar-refractivity contribution in [2.24, 2.45) is 5.73 Å². The average Bonchev–Trinajstić information content (AvgIpc) is 2.42. The maximum Gasteiger partial charge on any atom is 0.250 e. The van der Waals surface area contributed by atoms with Gasteiger partial charge in [-0.05, 0) is 18.2 Å². The first-order valence-electron chi connectivity index (χ1n) is 5.58. The Morgan fingerprint density at radius 3 is 2.85 bits per heavy atom. The number of nitrogens with zero attached hydrogens (tertiary/aromatic N) is 2. The fraction of sp³-hybridized carbons (Fsp3) is 0.0833. The number of anilines is 3. The van der Waals surface area contributed by atoms with E-state index in [1.165, 1.54) is 18.3 Å². The number of carbonyl (C=O) groups is 1. The molecule has 2 rings (SSSR count). The third kappa shape index (κ3) is 2.94. The summed E-state index contributed by atoms with van der Waals surface area (Å²) in [7, 11) is 1.65. The minimum absolute atomic E-state index is 0.00527. The molecule has 0 unspecified atom stereocenters. The summed E-state index contributed by atoms with van der Waals surface area (Å²) >= 11 is 5.96. The smallest absolute Gasteiger partial charge is 0.250 e. The number of primary amides is 1. The molecular formula is C12H11ClFN5O. The molecule has 0 bridgehead atoms. The monoisotopic (exact) mass is 295 g/mol. The van der Waals surface area contributed by atoms with Gasteiger partial charge in [0.1, 0.15) is 10.8 Å². The second kappa shape index (κ2) is 5.70. The lowest BCUT2D eigenvalue weighted by Crippen LogP contribution is -2.14. The number of rotatable bonds is 4. The third-order valence-corrected chi connectivity index (χ3v) is 2.74. The third-order valence-electron chi connectivity index (χ3n) is 2.47. The van der Waals surface area contributed by atoms with Gasteiger partial charge < -0.3 is 16.4 Å². The van der Waals surface area contributed by atoms with Crippen molar-refractivity contribution in [3.8, 4) is 0 Å². The van der Waals surface area contributed by atoms with Crippen LogP contribution in [0.4, 0.5) is 21.8 Å². The van der Waals surface area contributed by atoms with Crippen molar-refractivity contribution in [2.45, 2.75) is 0 Å². The summed E-state index contributed by atoms with van der Waals surface area (Å²) in [6.45, 7) is 0. The normalized spacial score (nSPS) is 10.2. The van der Waals surface area contributed by atoms with Crippen molar-refractivity contribution in [1.29, 1.82) is 0 Å². The summed E-state index contributed by atoms with van der Waals surface area (Å²) < 4.78 is 13.1. The number of nitrogens with one attached hydrogen (secondary N) is 2. The minimum atomic E-state index is -0.758. The molecule has 20 heavy (non-hydrogen) atoms. The zero-order valence-electron chi connectivity index (χ0n) is 10.4. The maximum absolute atomic E-state index is 13.1. The molecule has 6 nitrogen and oxygen atoms in total. The van der Waals surface area contributed by atoms with E-state index in [1.54, 1.807) is 7.05 Å². The fourth-order valence-corrected chi connectivity index (χ4v) is 1.67. The standard InChI is InChI=1S/C12H11ClFN5O/c1-16-12-17-5-8(13)11(19-12)18-9-3-2-6(14)4-7(9)10(15)20/h2-5H,1H3,(H2,15,20)(H2,16,17,18,19). The molecule has 1 amide bonds. The summed E-state index contributed by atoms with van der Waals surface area (Å²) in [6.07, 6.45) is 1.40. The molecule has 0 atom stereocenters. The van der Waals surface area contributed by atoms with Crippen LogP contribution >= 0.6 is 11.6 Å². The van der Waals surface area contributed by atoms with Crippen LogP contribution in [0.2, 0.25) is 5.02 Å². The van der Waals surface area contributed by atoms with Crippen LogP contribution in [0.5, 0.6) is 0 Å². The number of hydrogen-bond donors (Lipinski definition) is 3. The molecular weight excluding hydrogens is 285 g/mol. The Hall–Kier alpha value is -2.41. The Kier molecular flexibility index (Phi) is 3.99. The summed E-state index contributed by atoms with van der Waals surface area (Å²) in [6, 6.07) is 3.62. The number of amides is 1. The predicted octanol–water partition coefficient (Wildman–Crippen LogP) is 2.15. The van der Waals surface area contributed by atoms with Gasteiger partial charge in [0.05, 0.1) is 17.4 Å². The minimum Gasteiger partial charge on any atom is -0.366 e. The van der Waals surface area contributed by atoms with E-state index in [4.69, 9.17) is 17.3 Å². The van der Waals surface area contributed by atoms with E-state index in [2.05, 4.69) is 20.6 Å². The lowest BCUT2D eigenvalue weighted by atomic mass is 10.1. The molecule has 104 valence electrons. The van der Waals surface area contributed by atoms with E-state index >= 15 is 0 Å². The highest BCUT2D eigenvalue weighted by Crippen LogP contribution is 2.26. The predicted molar refractivity (Wildman–Crippen MR) is 74.8 cm³/mol. The highest BCUT2D eigenvalue weighted by molar-refractivity contribution is 6.33. The molecule has 0 saturated carbocycles. The van der Waals surface area contributed by atoms with Crippen LogP contribution in [0.25, 0.3) is 0 Å². The molecule has 1 aromatic carbocycles. The van der Waals surface area contributed by atoms with Gasteiger partial charge in [-0.1, -0.05) is 11.6 Å².